The highest BCUT2D eigenvalue weighted by atomic mass is 16.5. The van der Waals surface area contributed by atoms with E-state index in [0.29, 0.717) is 12.5 Å². The molecule has 1 aromatic carbocycles. The molecule has 1 unspecified atom stereocenters. The van der Waals surface area contributed by atoms with Crippen LogP contribution in [0, 0.1) is 5.92 Å². The van der Waals surface area contributed by atoms with E-state index in [1.165, 1.54) is 11.1 Å². The first-order chi connectivity index (χ1) is 14.1. The molecule has 0 aliphatic carbocycles. The van der Waals surface area contributed by atoms with Crippen LogP contribution in [0.15, 0.2) is 29.3 Å². The van der Waals surface area contributed by atoms with E-state index in [0.717, 1.165) is 64.9 Å². The first-order valence-corrected chi connectivity index (χ1v) is 11.1. The first-order valence-electron chi connectivity index (χ1n) is 11.1. The molecule has 29 heavy (non-hydrogen) atoms. The van der Waals surface area contributed by atoms with Gasteiger partial charge in [-0.1, -0.05) is 38.1 Å². The highest BCUT2D eigenvalue weighted by molar-refractivity contribution is 5.79. The van der Waals surface area contributed by atoms with E-state index < -0.39 is 0 Å². The number of ether oxygens (including phenoxy) is 2. The largest absolute Gasteiger partial charge is 0.379 e. The van der Waals surface area contributed by atoms with Crippen LogP contribution in [0.1, 0.15) is 45.2 Å². The van der Waals surface area contributed by atoms with Crippen molar-refractivity contribution in [1.29, 1.82) is 0 Å². The normalized spacial score (nSPS) is 16.8. The lowest BCUT2D eigenvalue weighted by Crippen LogP contribution is -2.39. The smallest absolute Gasteiger partial charge is 0.191 e. The van der Waals surface area contributed by atoms with Crippen LogP contribution >= 0.6 is 0 Å². The summed E-state index contributed by atoms with van der Waals surface area (Å²) in [5, 5.41) is 6.83. The zero-order chi connectivity index (χ0) is 20.9. The third kappa shape index (κ3) is 8.72. The first kappa shape index (κ1) is 23.6. The zero-order valence-corrected chi connectivity index (χ0v) is 18.7. The summed E-state index contributed by atoms with van der Waals surface area (Å²) < 4.78 is 11.3. The van der Waals surface area contributed by atoms with Gasteiger partial charge in [-0.25, -0.2) is 4.99 Å². The number of morpholine rings is 1. The van der Waals surface area contributed by atoms with Crippen molar-refractivity contribution in [3.05, 3.63) is 35.4 Å². The van der Waals surface area contributed by atoms with Gasteiger partial charge in [0.05, 0.1) is 25.9 Å². The van der Waals surface area contributed by atoms with Gasteiger partial charge in [0.25, 0.3) is 0 Å². The predicted molar refractivity (Wildman–Crippen MR) is 120 cm³/mol. The summed E-state index contributed by atoms with van der Waals surface area (Å²) in [6.07, 6.45) is 1.26. The van der Waals surface area contributed by atoms with Gasteiger partial charge in [0.2, 0.25) is 0 Å². The van der Waals surface area contributed by atoms with Crippen LogP contribution in [0.2, 0.25) is 0 Å². The fourth-order valence-electron chi connectivity index (χ4n) is 3.53. The summed E-state index contributed by atoms with van der Waals surface area (Å²) in [5.74, 6) is 1.39. The lowest BCUT2D eigenvalue weighted by Gasteiger charge is -2.27. The van der Waals surface area contributed by atoms with Gasteiger partial charge in [0.15, 0.2) is 5.96 Å². The molecule has 1 aromatic rings. The zero-order valence-electron chi connectivity index (χ0n) is 18.7. The number of rotatable bonds is 11. The SMILES string of the molecule is CCNC(=NCc1ccccc1CN1CCOCC1)NCCC(OCC)C(C)C. The third-order valence-corrected chi connectivity index (χ3v) is 5.21. The molecular formula is C23H40N4O2. The molecular weight excluding hydrogens is 364 g/mol. The third-order valence-electron chi connectivity index (χ3n) is 5.21. The van der Waals surface area contributed by atoms with E-state index in [2.05, 4.69) is 67.5 Å². The van der Waals surface area contributed by atoms with Crippen LogP contribution in [-0.2, 0) is 22.6 Å². The fourth-order valence-corrected chi connectivity index (χ4v) is 3.53. The molecule has 1 atom stereocenters. The summed E-state index contributed by atoms with van der Waals surface area (Å²) in [5.41, 5.74) is 2.63. The van der Waals surface area contributed by atoms with E-state index in [4.69, 9.17) is 14.5 Å². The van der Waals surface area contributed by atoms with Crippen molar-refractivity contribution in [2.75, 3.05) is 46.0 Å². The Labute approximate surface area is 177 Å². The molecule has 2 N–H and O–H groups in total. The van der Waals surface area contributed by atoms with Crippen molar-refractivity contribution in [1.82, 2.24) is 15.5 Å². The Bertz CT molecular complexity index is 600. The van der Waals surface area contributed by atoms with Gasteiger partial charge in [0, 0.05) is 39.3 Å². The van der Waals surface area contributed by atoms with Crippen LogP contribution in [0.4, 0.5) is 0 Å². The second-order valence-electron chi connectivity index (χ2n) is 7.81. The Morgan fingerprint density at radius 1 is 1.14 bits per heavy atom. The maximum absolute atomic E-state index is 5.85. The summed E-state index contributed by atoms with van der Waals surface area (Å²) in [4.78, 5) is 7.29. The van der Waals surface area contributed by atoms with Crippen LogP contribution in [0.5, 0.6) is 0 Å². The highest BCUT2D eigenvalue weighted by Crippen LogP contribution is 2.14. The van der Waals surface area contributed by atoms with Crippen LogP contribution < -0.4 is 10.6 Å². The molecule has 0 bridgehead atoms. The standard InChI is InChI=1S/C23H40N4O2/c1-5-24-23(25-12-11-22(19(3)4)29-6-2)26-17-20-9-7-8-10-21(20)18-27-13-15-28-16-14-27/h7-10,19,22H,5-6,11-18H2,1-4H3,(H2,24,25,26). The van der Waals surface area contributed by atoms with Gasteiger partial charge in [-0.2, -0.15) is 0 Å². The molecule has 0 aromatic heterocycles. The quantitative estimate of drug-likeness (QED) is 0.439. The van der Waals surface area contributed by atoms with E-state index in [9.17, 15) is 0 Å². The number of nitrogens with zero attached hydrogens (tertiary/aromatic N) is 2. The van der Waals surface area contributed by atoms with Crippen LogP contribution in [0.25, 0.3) is 0 Å². The Kier molecular flexibility index (Phi) is 11.1. The van der Waals surface area contributed by atoms with Gasteiger partial charge >= 0.3 is 0 Å². The van der Waals surface area contributed by atoms with Crippen molar-refractivity contribution in [2.24, 2.45) is 10.9 Å². The van der Waals surface area contributed by atoms with Crippen LogP contribution in [0.3, 0.4) is 0 Å². The highest BCUT2D eigenvalue weighted by Gasteiger charge is 2.14. The molecule has 0 amide bonds. The van der Waals surface area contributed by atoms with Gasteiger partial charge in [0.1, 0.15) is 0 Å². The second-order valence-corrected chi connectivity index (χ2v) is 7.81. The van der Waals surface area contributed by atoms with Crippen molar-refractivity contribution in [2.45, 2.75) is 53.3 Å². The Morgan fingerprint density at radius 2 is 1.86 bits per heavy atom. The molecule has 1 fully saturated rings. The molecule has 0 radical (unpaired) electrons. The number of aliphatic imine (C=N–C) groups is 1. The molecule has 0 spiro atoms. The Hall–Kier alpha value is -1.63. The summed E-state index contributed by atoms with van der Waals surface area (Å²) in [6.45, 7) is 16.3. The molecule has 1 saturated heterocycles. The molecule has 164 valence electrons. The number of benzene rings is 1. The molecule has 0 saturated carbocycles. The molecule has 1 aliphatic rings. The van der Waals surface area contributed by atoms with Crippen molar-refractivity contribution >= 4 is 5.96 Å². The van der Waals surface area contributed by atoms with E-state index >= 15 is 0 Å². The minimum Gasteiger partial charge on any atom is -0.379 e. The molecule has 1 heterocycles. The predicted octanol–water partition coefficient (Wildman–Crippen LogP) is 3.03. The molecule has 6 heteroatoms. The number of guanidine groups is 1. The lowest BCUT2D eigenvalue weighted by molar-refractivity contribution is 0.0258. The molecule has 1 aliphatic heterocycles. The van der Waals surface area contributed by atoms with E-state index in [1.54, 1.807) is 0 Å². The summed E-state index contributed by atoms with van der Waals surface area (Å²) >= 11 is 0. The van der Waals surface area contributed by atoms with Crippen molar-refractivity contribution < 1.29 is 9.47 Å². The van der Waals surface area contributed by atoms with Gasteiger partial charge < -0.3 is 20.1 Å². The minimum atomic E-state index is 0.282. The number of hydrogen-bond donors (Lipinski definition) is 2. The lowest BCUT2D eigenvalue weighted by atomic mass is 10.0. The average Bonchev–Trinajstić information content (AvgIpc) is 2.73. The van der Waals surface area contributed by atoms with Crippen LogP contribution in [-0.4, -0.2) is 63.0 Å². The second kappa shape index (κ2) is 13.6. The monoisotopic (exact) mass is 404 g/mol. The van der Waals surface area contributed by atoms with E-state index in [1.807, 2.05) is 0 Å². The maximum Gasteiger partial charge on any atom is 0.191 e. The van der Waals surface area contributed by atoms with Gasteiger partial charge in [-0.15, -0.1) is 0 Å². The van der Waals surface area contributed by atoms with Gasteiger partial charge in [-0.3, -0.25) is 4.90 Å². The van der Waals surface area contributed by atoms with Crippen molar-refractivity contribution in [3.8, 4) is 0 Å². The average molecular weight is 405 g/mol. The topological polar surface area (TPSA) is 58.1 Å². The minimum absolute atomic E-state index is 0.282. The van der Waals surface area contributed by atoms with Crippen molar-refractivity contribution in [3.63, 3.8) is 0 Å². The Morgan fingerprint density at radius 3 is 2.52 bits per heavy atom. The Balaban J connectivity index is 1.93. The number of hydrogen-bond acceptors (Lipinski definition) is 4. The summed E-state index contributed by atoms with van der Waals surface area (Å²) in [7, 11) is 0. The number of nitrogens with one attached hydrogen (secondary N) is 2. The van der Waals surface area contributed by atoms with E-state index in [-0.39, 0.29) is 6.10 Å². The maximum atomic E-state index is 5.85. The summed E-state index contributed by atoms with van der Waals surface area (Å²) in [6, 6.07) is 8.62. The fraction of sp³-hybridized carbons (Fsp3) is 0.696. The molecule has 2 rings (SSSR count). The van der Waals surface area contributed by atoms with Gasteiger partial charge in [-0.05, 0) is 37.3 Å². The molecule has 6 nitrogen and oxygen atoms in total.